The summed E-state index contributed by atoms with van der Waals surface area (Å²) in [5.41, 5.74) is 1.99. The van der Waals surface area contributed by atoms with E-state index in [-0.39, 0.29) is 5.96 Å². The van der Waals surface area contributed by atoms with Crippen LogP contribution in [0.15, 0.2) is 47.7 Å². The van der Waals surface area contributed by atoms with Crippen LogP contribution in [0.25, 0.3) is 0 Å². The van der Waals surface area contributed by atoms with Crippen LogP contribution in [-0.2, 0) is 13.1 Å². The van der Waals surface area contributed by atoms with E-state index in [1.165, 1.54) is 0 Å². The highest BCUT2D eigenvalue weighted by atomic mass is 35.5. The van der Waals surface area contributed by atoms with Gasteiger partial charge in [-0.15, -0.1) is 0 Å². The number of guanidine groups is 1. The summed E-state index contributed by atoms with van der Waals surface area (Å²) in [5, 5.41) is 17.0. The molecule has 0 unspecified atom stereocenters. The minimum absolute atomic E-state index is 0.223. The standard InChI is InChI=1S/C17H19ClN6O3/c1-27-15-5-2-13(3-6-15)9-22-11-20-17(21-24(25)26)23(12-22)10-14-4-7-16(18)19-8-14/h2-8H,9-12H2,1H3,(H,20,21). The number of hydrogen-bond donors (Lipinski definition) is 1. The van der Waals surface area contributed by atoms with E-state index in [1.54, 1.807) is 24.3 Å². The Hall–Kier alpha value is -2.91. The van der Waals surface area contributed by atoms with E-state index < -0.39 is 5.03 Å². The lowest BCUT2D eigenvalue weighted by molar-refractivity contribution is -0.486. The van der Waals surface area contributed by atoms with Gasteiger partial charge in [-0.3, -0.25) is 4.90 Å². The predicted molar refractivity (Wildman–Crippen MR) is 101 cm³/mol. The number of ether oxygens (including phenoxy) is 1. The van der Waals surface area contributed by atoms with E-state index in [0.29, 0.717) is 31.6 Å². The molecule has 1 aromatic carbocycles. The second-order valence-corrected chi connectivity index (χ2v) is 6.39. The zero-order valence-electron chi connectivity index (χ0n) is 14.7. The zero-order valence-corrected chi connectivity index (χ0v) is 15.5. The number of halogens is 1. The second kappa shape index (κ2) is 8.65. The Bertz CT molecular complexity index is 812. The van der Waals surface area contributed by atoms with Gasteiger partial charge in [0.1, 0.15) is 16.0 Å². The number of nitrogens with one attached hydrogen (secondary N) is 1. The Labute approximate surface area is 161 Å². The summed E-state index contributed by atoms with van der Waals surface area (Å²) in [4.78, 5) is 18.8. The van der Waals surface area contributed by atoms with Crippen molar-refractivity contribution in [1.82, 2.24) is 20.1 Å². The summed E-state index contributed by atoms with van der Waals surface area (Å²) < 4.78 is 5.17. The summed E-state index contributed by atoms with van der Waals surface area (Å²) in [5.74, 6) is 1.02. The monoisotopic (exact) mass is 390 g/mol. The van der Waals surface area contributed by atoms with Crippen molar-refractivity contribution in [3.63, 3.8) is 0 Å². The van der Waals surface area contributed by atoms with Gasteiger partial charge >= 0.3 is 0 Å². The first kappa shape index (κ1) is 18.9. The highest BCUT2D eigenvalue weighted by Gasteiger charge is 2.24. The zero-order chi connectivity index (χ0) is 19.2. The van der Waals surface area contributed by atoms with Crippen LogP contribution in [0.2, 0.25) is 5.15 Å². The summed E-state index contributed by atoms with van der Waals surface area (Å²) in [7, 11) is 1.63. The van der Waals surface area contributed by atoms with Crippen LogP contribution < -0.4 is 10.1 Å². The minimum atomic E-state index is -0.700. The number of benzene rings is 1. The molecule has 0 spiro atoms. The molecule has 2 heterocycles. The van der Waals surface area contributed by atoms with Crippen LogP contribution in [0.5, 0.6) is 5.75 Å². The molecule has 1 aromatic heterocycles. The van der Waals surface area contributed by atoms with E-state index >= 15 is 0 Å². The summed E-state index contributed by atoms with van der Waals surface area (Å²) in [6, 6.07) is 11.3. The molecule has 1 fully saturated rings. The van der Waals surface area contributed by atoms with E-state index in [0.717, 1.165) is 16.9 Å². The molecule has 2 aromatic rings. The van der Waals surface area contributed by atoms with Crippen molar-refractivity contribution in [2.24, 2.45) is 5.10 Å². The van der Waals surface area contributed by atoms with Crippen molar-refractivity contribution in [3.8, 4) is 5.75 Å². The summed E-state index contributed by atoms with van der Waals surface area (Å²) in [6.07, 6.45) is 1.65. The van der Waals surface area contributed by atoms with Crippen LogP contribution >= 0.6 is 11.6 Å². The Kier molecular flexibility index (Phi) is 6.05. The van der Waals surface area contributed by atoms with Crippen molar-refractivity contribution in [2.45, 2.75) is 13.1 Å². The molecule has 0 atom stereocenters. The summed E-state index contributed by atoms with van der Waals surface area (Å²) >= 11 is 5.82. The quantitative estimate of drug-likeness (QED) is 0.458. The molecule has 0 amide bonds. The Morgan fingerprint density at radius 3 is 2.63 bits per heavy atom. The first-order chi connectivity index (χ1) is 13.0. The fraction of sp³-hybridized carbons (Fsp3) is 0.294. The lowest BCUT2D eigenvalue weighted by Gasteiger charge is -2.37. The third-order valence-electron chi connectivity index (χ3n) is 4.03. The predicted octanol–water partition coefficient (Wildman–Crippen LogP) is 2.11. The van der Waals surface area contributed by atoms with Gasteiger partial charge in [0.25, 0.3) is 5.96 Å². The van der Waals surface area contributed by atoms with Crippen LogP contribution in [0, 0.1) is 10.1 Å². The Balaban J connectivity index is 1.71. The first-order valence-corrected chi connectivity index (χ1v) is 8.59. The van der Waals surface area contributed by atoms with Crippen molar-refractivity contribution in [1.29, 1.82) is 0 Å². The molecule has 0 bridgehead atoms. The number of aromatic nitrogens is 1. The molecule has 0 aliphatic carbocycles. The minimum Gasteiger partial charge on any atom is -0.497 e. The molecule has 142 valence electrons. The molecule has 1 N–H and O–H groups in total. The molecule has 10 heteroatoms. The molecule has 27 heavy (non-hydrogen) atoms. The number of methoxy groups -OCH3 is 1. The molecule has 1 aliphatic heterocycles. The van der Waals surface area contributed by atoms with E-state index in [2.05, 4.69) is 20.3 Å². The molecule has 1 aliphatic rings. The van der Waals surface area contributed by atoms with Crippen LogP contribution in [-0.4, -0.2) is 46.2 Å². The maximum absolute atomic E-state index is 10.8. The van der Waals surface area contributed by atoms with Crippen molar-refractivity contribution >= 4 is 17.6 Å². The van der Waals surface area contributed by atoms with Crippen LogP contribution in [0.3, 0.4) is 0 Å². The average Bonchev–Trinajstić information content (AvgIpc) is 2.66. The maximum Gasteiger partial charge on any atom is 0.273 e. The largest absolute Gasteiger partial charge is 0.497 e. The SMILES string of the molecule is COc1ccc(CN2CN/C(=N\[N+](=O)[O-])N(Cc3ccc(Cl)nc3)C2)cc1. The number of hydrazone groups is 1. The molecule has 9 nitrogen and oxygen atoms in total. The Morgan fingerprint density at radius 1 is 1.26 bits per heavy atom. The summed E-state index contributed by atoms with van der Waals surface area (Å²) in [6.45, 7) is 2.03. The number of nitrogens with zero attached hydrogens (tertiary/aromatic N) is 5. The smallest absolute Gasteiger partial charge is 0.273 e. The van der Waals surface area contributed by atoms with E-state index in [9.17, 15) is 10.1 Å². The molecule has 0 radical (unpaired) electrons. The van der Waals surface area contributed by atoms with Gasteiger partial charge in [-0.1, -0.05) is 29.8 Å². The molecule has 1 saturated heterocycles. The lowest BCUT2D eigenvalue weighted by atomic mass is 10.2. The van der Waals surface area contributed by atoms with Crippen molar-refractivity contribution in [2.75, 3.05) is 20.4 Å². The fourth-order valence-electron chi connectivity index (χ4n) is 2.77. The number of hydrogen-bond acceptors (Lipinski definition) is 5. The van der Waals surface area contributed by atoms with Gasteiger partial charge < -0.3 is 15.0 Å². The number of rotatable bonds is 6. The van der Waals surface area contributed by atoms with Crippen LogP contribution in [0.1, 0.15) is 11.1 Å². The number of nitro groups is 1. The highest BCUT2D eigenvalue weighted by Crippen LogP contribution is 2.15. The molecule has 3 rings (SSSR count). The van der Waals surface area contributed by atoms with Crippen molar-refractivity contribution < 1.29 is 9.77 Å². The van der Waals surface area contributed by atoms with E-state index in [1.807, 2.05) is 30.3 Å². The topological polar surface area (TPSA) is 96.1 Å². The van der Waals surface area contributed by atoms with Crippen molar-refractivity contribution in [3.05, 3.63) is 69.0 Å². The van der Waals surface area contributed by atoms with Crippen LogP contribution in [0.4, 0.5) is 0 Å². The first-order valence-electron chi connectivity index (χ1n) is 8.21. The third kappa shape index (κ3) is 5.28. The number of pyridine rings is 1. The van der Waals surface area contributed by atoms with Gasteiger partial charge in [0.2, 0.25) is 0 Å². The normalized spacial score (nSPS) is 16.2. The van der Waals surface area contributed by atoms with Gasteiger partial charge in [-0.25, -0.2) is 15.1 Å². The lowest BCUT2D eigenvalue weighted by Crippen LogP contribution is -2.56. The highest BCUT2D eigenvalue weighted by molar-refractivity contribution is 6.29. The Morgan fingerprint density at radius 2 is 2.00 bits per heavy atom. The van der Waals surface area contributed by atoms with Gasteiger partial charge in [0.15, 0.2) is 5.03 Å². The molecular formula is C17H19ClN6O3. The molecule has 0 saturated carbocycles. The second-order valence-electron chi connectivity index (χ2n) is 6.00. The third-order valence-corrected chi connectivity index (χ3v) is 4.26. The maximum atomic E-state index is 10.8. The average molecular weight is 391 g/mol. The molecular weight excluding hydrogens is 372 g/mol. The van der Waals surface area contributed by atoms with Gasteiger partial charge in [-0.05, 0) is 29.3 Å². The van der Waals surface area contributed by atoms with E-state index in [4.69, 9.17) is 16.3 Å². The van der Waals surface area contributed by atoms with Gasteiger partial charge in [-0.2, -0.15) is 0 Å². The fourth-order valence-corrected chi connectivity index (χ4v) is 2.88. The van der Waals surface area contributed by atoms with Gasteiger partial charge in [0, 0.05) is 19.3 Å². The van der Waals surface area contributed by atoms with Gasteiger partial charge in [0.05, 0.1) is 20.4 Å².